The summed E-state index contributed by atoms with van der Waals surface area (Å²) in [6.07, 6.45) is 1.60. The summed E-state index contributed by atoms with van der Waals surface area (Å²) >= 11 is 0. The average Bonchev–Trinajstić information content (AvgIpc) is 2.78. The second-order valence-corrected chi connectivity index (χ2v) is 10.3. The minimum absolute atomic E-state index is 0.0280. The number of hydrogen-bond donors (Lipinski definition) is 6. The first-order chi connectivity index (χ1) is 16.1. The number of carbonyl (C=O) groups is 1. The lowest BCUT2D eigenvalue weighted by atomic mass is 10.0. The summed E-state index contributed by atoms with van der Waals surface area (Å²) < 4.78 is 25.1. The predicted octanol–water partition coefficient (Wildman–Crippen LogP) is 2.18. The highest BCUT2D eigenvalue weighted by molar-refractivity contribution is 7.92. The topological polar surface area (TPSA) is 151 Å². The van der Waals surface area contributed by atoms with E-state index in [1.165, 1.54) is 17.0 Å². The predicted molar refractivity (Wildman–Crippen MR) is 131 cm³/mol. The molecule has 1 fully saturated rings. The fraction of sp³-hybridized carbons (Fsp3) is 0.435. The third-order valence-corrected chi connectivity index (χ3v) is 6.31. The Labute approximate surface area is 199 Å². The van der Waals surface area contributed by atoms with Crippen LogP contribution in [0.3, 0.4) is 0 Å². The van der Waals surface area contributed by atoms with Gasteiger partial charge in [-0.2, -0.15) is 0 Å². The van der Waals surface area contributed by atoms with E-state index in [9.17, 15) is 23.4 Å². The van der Waals surface area contributed by atoms with Gasteiger partial charge in [0.05, 0.1) is 18.0 Å². The number of nitrogens with one attached hydrogen (secondary N) is 3. The Hall–Kier alpha value is -3.02. The third kappa shape index (κ3) is 7.79. The number of anilines is 2. The Kier molecular flexibility index (Phi) is 8.59. The zero-order valence-electron chi connectivity index (χ0n) is 19.1. The molecule has 1 amide bonds. The molecule has 34 heavy (non-hydrogen) atoms. The van der Waals surface area contributed by atoms with Crippen LogP contribution in [-0.4, -0.2) is 73.2 Å². The van der Waals surface area contributed by atoms with Crippen LogP contribution in [0.1, 0.15) is 30.1 Å². The van der Waals surface area contributed by atoms with Crippen molar-refractivity contribution in [3.05, 3.63) is 53.6 Å². The monoisotopic (exact) mass is 492 g/mol. The molecule has 10 nitrogen and oxygen atoms in total. The third-order valence-electron chi connectivity index (χ3n) is 5.72. The molecule has 0 radical (unpaired) electrons. The molecular weight excluding hydrogens is 460 g/mol. The largest absolute Gasteiger partial charge is 0.506 e. The SMILES string of the molecule is CS(=O)(=O)Nc1cc([C@@H](O)CNCCc2ccc(NC3CCN(C(=O)O)CC3)cc2)ccc1O. The standard InChI is InChI=1S/C23H32N4O6S/c1-34(32,33)26-20-14-17(4-7-21(20)28)22(29)15-24-11-8-16-2-5-18(6-3-16)25-19-9-12-27(13-10-19)23(30)31/h2-7,14,19,22,24-26,28-29H,8-13,15H2,1H3,(H,30,31)/t22-/m0/s1. The number of aliphatic hydroxyl groups is 1. The van der Waals surface area contributed by atoms with Gasteiger partial charge >= 0.3 is 6.09 Å². The van der Waals surface area contributed by atoms with Crippen LogP contribution in [-0.2, 0) is 16.4 Å². The van der Waals surface area contributed by atoms with Crippen molar-refractivity contribution in [3.63, 3.8) is 0 Å². The quantitative estimate of drug-likeness (QED) is 0.218. The van der Waals surface area contributed by atoms with Gasteiger partial charge in [0, 0.05) is 31.4 Å². The van der Waals surface area contributed by atoms with Crippen molar-refractivity contribution >= 4 is 27.5 Å². The van der Waals surface area contributed by atoms with Gasteiger partial charge in [-0.3, -0.25) is 4.72 Å². The van der Waals surface area contributed by atoms with Crippen LogP contribution in [0.25, 0.3) is 0 Å². The molecule has 11 heteroatoms. The normalized spacial score (nSPS) is 15.6. The molecule has 1 atom stereocenters. The number of aliphatic hydroxyl groups excluding tert-OH is 1. The number of nitrogens with zero attached hydrogens (tertiary/aromatic N) is 1. The first-order valence-corrected chi connectivity index (χ1v) is 13.0. The van der Waals surface area contributed by atoms with E-state index in [2.05, 4.69) is 15.4 Å². The molecule has 6 N–H and O–H groups in total. The Morgan fingerprint density at radius 2 is 1.82 bits per heavy atom. The average molecular weight is 493 g/mol. The molecule has 0 aromatic heterocycles. The number of phenols is 1. The minimum atomic E-state index is -3.55. The number of aromatic hydroxyl groups is 1. The van der Waals surface area contributed by atoms with E-state index in [1.807, 2.05) is 24.3 Å². The zero-order chi connectivity index (χ0) is 24.7. The highest BCUT2D eigenvalue weighted by Gasteiger charge is 2.22. The van der Waals surface area contributed by atoms with Gasteiger partial charge in [0.15, 0.2) is 0 Å². The summed E-state index contributed by atoms with van der Waals surface area (Å²) in [7, 11) is -3.55. The lowest BCUT2D eigenvalue weighted by Gasteiger charge is -2.31. The number of piperidine rings is 1. The van der Waals surface area contributed by atoms with E-state index in [0.29, 0.717) is 25.2 Å². The molecule has 0 bridgehead atoms. The first kappa shape index (κ1) is 25.6. The van der Waals surface area contributed by atoms with E-state index in [0.717, 1.165) is 36.8 Å². The molecule has 1 aliphatic heterocycles. The molecule has 2 aromatic carbocycles. The van der Waals surface area contributed by atoms with Crippen molar-refractivity contribution in [2.45, 2.75) is 31.4 Å². The minimum Gasteiger partial charge on any atom is -0.506 e. The van der Waals surface area contributed by atoms with E-state index < -0.39 is 22.2 Å². The molecular formula is C23H32N4O6S. The second-order valence-electron chi connectivity index (χ2n) is 8.51. The molecule has 0 spiro atoms. The number of phenolic OH excluding ortho intramolecular Hbond substituents is 1. The maximum atomic E-state index is 11.4. The fourth-order valence-electron chi connectivity index (χ4n) is 3.85. The lowest BCUT2D eigenvalue weighted by molar-refractivity contribution is 0.134. The maximum Gasteiger partial charge on any atom is 0.407 e. The Morgan fingerprint density at radius 3 is 2.44 bits per heavy atom. The smallest absolute Gasteiger partial charge is 0.407 e. The first-order valence-electron chi connectivity index (χ1n) is 11.1. The number of likely N-dealkylation sites (tertiary alicyclic amines) is 1. The molecule has 2 aromatic rings. The number of amides is 1. The van der Waals surface area contributed by atoms with E-state index >= 15 is 0 Å². The summed E-state index contributed by atoms with van der Waals surface area (Å²) in [5.41, 5.74) is 2.66. The summed E-state index contributed by atoms with van der Waals surface area (Å²) in [6.45, 7) is 2.01. The Morgan fingerprint density at radius 1 is 1.15 bits per heavy atom. The molecule has 0 unspecified atom stereocenters. The van der Waals surface area contributed by atoms with Crippen LogP contribution in [0.2, 0.25) is 0 Å². The van der Waals surface area contributed by atoms with Crippen LogP contribution < -0.4 is 15.4 Å². The summed E-state index contributed by atoms with van der Waals surface area (Å²) in [5.74, 6) is -0.210. The van der Waals surface area contributed by atoms with E-state index in [4.69, 9.17) is 5.11 Å². The summed E-state index contributed by atoms with van der Waals surface area (Å²) in [4.78, 5) is 12.4. The van der Waals surface area contributed by atoms with Gasteiger partial charge in [-0.15, -0.1) is 0 Å². The lowest BCUT2D eigenvalue weighted by Crippen LogP contribution is -2.41. The molecule has 186 valence electrons. The van der Waals surface area contributed by atoms with Crippen molar-refractivity contribution in [2.75, 3.05) is 42.5 Å². The highest BCUT2D eigenvalue weighted by atomic mass is 32.2. The summed E-state index contributed by atoms with van der Waals surface area (Å²) in [5, 5.41) is 35.9. The molecule has 1 saturated heterocycles. The number of rotatable bonds is 10. The Balaban J connectivity index is 1.41. The molecule has 0 aliphatic carbocycles. The summed E-state index contributed by atoms with van der Waals surface area (Å²) in [6, 6.07) is 12.7. The van der Waals surface area contributed by atoms with E-state index in [1.54, 1.807) is 6.07 Å². The van der Waals surface area contributed by atoms with Crippen LogP contribution >= 0.6 is 0 Å². The van der Waals surface area contributed by atoms with Crippen molar-refractivity contribution < 1.29 is 28.5 Å². The van der Waals surface area contributed by atoms with Gasteiger partial charge in [-0.05, 0) is 61.2 Å². The number of benzene rings is 2. The van der Waals surface area contributed by atoms with E-state index in [-0.39, 0.29) is 24.0 Å². The molecule has 1 aliphatic rings. The second kappa shape index (κ2) is 11.4. The molecule has 3 rings (SSSR count). The number of carboxylic acid groups (broad SMARTS) is 1. The van der Waals surface area contributed by atoms with Crippen LogP contribution in [0.15, 0.2) is 42.5 Å². The number of hydrogen-bond acceptors (Lipinski definition) is 7. The van der Waals surface area contributed by atoms with Gasteiger partial charge in [0.25, 0.3) is 0 Å². The van der Waals surface area contributed by atoms with Crippen molar-refractivity contribution in [3.8, 4) is 5.75 Å². The fourth-order valence-corrected chi connectivity index (χ4v) is 4.41. The van der Waals surface area contributed by atoms with Gasteiger partial charge in [0.2, 0.25) is 10.0 Å². The Bertz CT molecular complexity index is 1070. The van der Waals surface area contributed by atoms with Crippen molar-refractivity contribution in [1.29, 1.82) is 0 Å². The van der Waals surface area contributed by atoms with Gasteiger partial charge in [-0.25, -0.2) is 13.2 Å². The van der Waals surface area contributed by atoms with Crippen LogP contribution in [0.4, 0.5) is 16.2 Å². The molecule has 1 heterocycles. The zero-order valence-corrected chi connectivity index (χ0v) is 19.9. The van der Waals surface area contributed by atoms with Crippen molar-refractivity contribution in [2.24, 2.45) is 0 Å². The van der Waals surface area contributed by atoms with Crippen molar-refractivity contribution in [1.82, 2.24) is 10.2 Å². The van der Waals surface area contributed by atoms with Gasteiger partial charge < -0.3 is 30.9 Å². The van der Waals surface area contributed by atoms with Gasteiger partial charge in [0.1, 0.15) is 5.75 Å². The maximum absolute atomic E-state index is 11.4. The molecule has 0 saturated carbocycles. The van der Waals surface area contributed by atoms with Crippen LogP contribution in [0.5, 0.6) is 5.75 Å². The van der Waals surface area contributed by atoms with Crippen LogP contribution in [0, 0.1) is 0 Å². The van der Waals surface area contributed by atoms with Gasteiger partial charge in [-0.1, -0.05) is 18.2 Å². The highest BCUT2D eigenvalue weighted by Crippen LogP contribution is 2.27. The number of sulfonamides is 1.